The summed E-state index contributed by atoms with van der Waals surface area (Å²) in [7, 11) is 3.26. The lowest BCUT2D eigenvalue weighted by Crippen LogP contribution is -2.16. The molecule has 0 saturated heterocycles. The summed E-state index contributed by atoms with van der Waals surface area (Å²) in [5.74, 6) is 1.47. The van der Waals surface area contributed by atoms with E-state index in [0.717, 1.165) is 22.8 Å². The molecule has 1 unspecified atom stereocenters. The first-order valence-electron chi connectivity index (χ1n) is 5.98. The third-order valence-electron chi connectivity index (χ3n) is 3.01. The second-order valence-corrected chi connectivity index (χ2v) is 4.03. The minimum Gasteiger partial charge on any atom is -0.497 e. The molecule has 0 radical (unpaired) electrons. The summed E-state index contributed by atoms with van der Waals surface area (Å²) in [5.41, 5.74) is 7.75. The Kier molecular flexibility index (Phi) is 4.30. The highest BCUT2D eigenvalue weighted by molar-refractivity contribution is 5.45. The van der Waals surface area contributed by atoms with Crippen molar-refractivity contribution in [2.75, 3.05) is 20.8 Å². The van der Waals surface area contributed by atoms with E-state index in [2.05, 4.69) is 9.97 Å². The third-order valence-corrected chi connectivity index (χ3v) is 3.01. The smallest absolute Gasteiger partial charge is 0.126 e. The molecule has 19 heavy (non-hydrogen) atoms. The number of hydrogen-bond acceptors (Lipinski definition) is 5. The lowest BCUT2D eigenvalue weighted by molar-refractivity contribution is 0.389. The Labute approximate surface area is 112 Å². The number of benzene rings is 1. The van der Waals surface area contributed by atoms with Gasteiger partial charge in [0.1, 0.15) is 17.8 Å². The van der Waals surface area contributed by atoms with Crippen molar-refractivity contribution in [2.45, 2.75) is 5.92 Å². The number of hydrogen-bond donors (Lipinski definition) is 1. The molecule has 0 bridgehead atoms. The van der Waals surface area contributed by atoms with Crippen LogP contribution in [0.25, 0.3) is 0 Å². The molecule has 1 heterocycles. The Morgan fingerprint density at radius 1 is 1.21 bits per heavy atom. The molecular weight excluding hydrogens is 242 g/mol. The van der Waals surface area contributed by atoms with Gasteiger partial charge in [-0.05, 0) is 12.1 Å². The average Bonchev–Trinajstić information content (AvgIpc) is 2.49. The Morgan fingerprint density at radius 2 is 2.05 bits per heavy atom. The molecule has 2 N–H and O–H groups in total. The fraction of sp³-hybridized carbons (Fsp3) is 0.286. The first-order chi connectivity index (χ1) is 9.30. The minimum absolute atomic E-state index is 0.0242. The minimum atomic E-state index is -0.0242. The van der Waals surface area contributed by atoms with E-state index < -0.39 is 0 Å². The zero-order chi connectivity index (χ0) is 13.7. The van der Waals surface area contributed by atoms with Gasteiger partial charge in [0.05, 0.1) is 19.9 Å². The normalized spacial score (nSPS) is 11.9. The van der Waals surface area contributed by atoms with Crippen molar-refractivity contribution in [3.63, 3.8) is 0 Å². The molecule has 2 aromatic rings. The standard InChI is InChI=1S/C14H17N3O2/c1-18-10-3-4-11(14(7-10)19-2)12(8-15)13-5-6-16-9-17-13/h3-7,9,12H,8,15H2,1-2H3. The predicted octanol–water partition coefficient (Wildman–Crippen LogP) is 1.58. The lowest BCUT2D eigenvalue weighted by atomic mass is 9.94. The van der Waals surface area contributed by atoms with Gasteiger partial charge in [0, 0.05) is 30.3 Å². The number of ether oxygens (including phenoxy) is 2. The molecule has 1 atom stereocenters. The SMILES string of the molecule is COc1ccc(C(CN)c2ccncn2)c(OC)c1. The fourth-order valence-corrected chi connectivity index (χ4v) is 2.02. The van der Waals surface area contributed by atoms with Gasteiger partial charge >= 0.3 is 0 Å². The van der Waals surface area contributed by atoms with Crippen LogP contribution >= 0.6 is 0 Å². The average molecular weight is 259 g/mol. The molecule has 100 valence electrons. The summed E-state index contributed by atoms with van der Waals surface area (Å²) in [6.07, 6.45) is 3.23. The summed E-state index contributed by atoms with van der Waals surface area (Å²) in [6, 6.07) is 7.55. The van der Waals surface area contributed by atoms with Gasteiger partial charge < -0.3 is 15.2 Å². The zero-order valence-electron chi connectivity index (χ0n) is 11.0. The largest absolute Gasteiger partial charge is 0.497 e. The van der Waals surface area contributed by atoms with Crippen LogP contribution in [0.4, 0.5) is 0 Å². The zero-order valence-corrected chi connectivity index (χ0v) is 11.0. The Balaban J connectivity index is 2.43. The molecule has 0 aliphatic heterocycles. The van der Waals surface area contributed by atoms with Gasteiger partial charge in [-0.1, -0.05) is 6.07 Å². The van der Waals surface area contributed by atoms with Crippen molar-refractivity contribution in [1.29, 1.82) is 0 Å². The molecule has 0 aliphatic carbocycles. The summed E-state index contributed by atoms with van der Waals surface area (Å²) < 4.78 is 10.6. The molecule has 1 aromatic carbocycles. The van der Waals surface area contributed by atoms with Gasteiger partial charge in [-0.15, -0.1) is 0 Å². The van der Waals surface area contributed by atoms with Crippen LogP contribution in [0, 0.1) is 0 Å². The van der Waals surface area contributed by atoms with Crippen LogP contribution in [0.3, 0.4) is 0 Å². The summed E-state index contributed by atoms with van der Waals surface area (Å²) >= 11 is 0. The van der Waals surface area contributed by atoms with Gasteiger partial charge in [0.25, 0.3) is 0 Å². The van der Waals surface area contributed by atoms with E-state index in [1.165, 1.54) is 6.33 Å². The Bertz CT molecular complexity index is 531. The molecule has 0 fully saturated rings. The van der Waals surface area contributed by atoms with Gasteiger partial charge in [0.15, 0.2) is 0 Å². The van der Waals surface area contributed by atoms with Gasteiger partial charge in [0.2, 0.25) is 0 Å². The van der Waals surface area contributed by atoms with E-state index in [1.807, 2.05) is 24.3 Å². The molecule has 5 heteroatoms. The molecule has 0 saturated carbocycles. The molecule has 0 amide bonds. The van der Waals surface area contributed by atoms with Crippen LogP contribution < -0.4 is 15.2 Å². The number of rotatable bonds is 5. The van der Waals surface area contributed by atoms with Crippen molar-refractivity contribution in [1.82, 2.24) is 9.97 Å². The molecule has 1 aromatic heterocycles. The number of nitrogens with zero attached hydrogens (tertiary/aromatic N) is 2. The molecular formula is C14H17N3O2. The number of aromatic nitrogens is 2. The first kappa shape index (κ1) is 13.3. The van der Waals surface area contributed by atoms with Gasteiger partial charge in [-0.2, -0.15) is 0 Å². The maximum Gasteiger partial charge on any atom is 0.126 e. The lowest BCUT2D eigenvalue weighted by Gasteiger charge is -2.18. The van der Waals surface area contributed by atoms with Crippen LogP contribution in [0.1, 0.15) is 17.2 Å². The molecule has 2 rings (SSSR count). The van der Waals surface area contributed by atoms with Crippen molar-refractivity contribution >= 4 is 0 Å². The van der Waals surface area contributed by atoms with Crippen molar-refractivity contribution < 1.29 is 9.47 Å². The van der Waals surface area contributed by atoms with E-state index in [-0.39, 0.29) is 5.92 Å². The summed E-state index contributed by atoms with van der Waals surface area (Å²) in [6.45, 7) is 0.444. The monoisotopic (exact) mass is 259 g/mol. The Morgan fingerprint density at radius 3 is 2.63 bits per heavy atom. The summed E-state index contributed by atoms with van der Waals surface area (Å²) in [4.78, 5) is 8.19. The Hall–Kier alpha value is -2.14. The van der Waals surface area contributed by atoms with Crippen LogP contribution in [0.5, 0.6) is 11.5 Å². The van der Waals surface area contributed by atoms with E-state index in [9.17, 15) is 0 Å². The van der Waals surface area contributed by atoms with Crippen LogP contribution in [0.15, 0.2) is 36.8 Å². The third kappa shape index (κ3) is 2.82. The maximum absolute atomic E-state index is 5.88. The van der Waals surface area contributed by atoms with Gasteiger partial charge in [-0.3, -0.25) is 0 Å². The molecule has 0 spiro atoms. The molecule has 0 aliphatic rings. The topological polar surface area (TPSA) is 70.3 Å². The van der Waals surface area contributed by atoms with E-state index in [1.54, 1.807) is 20.4 Å². The van der Waals surface area contributed by atoms with Crippen LogP contribution in [0.2, 0.25) is 0 Å². The highest BCUT2D eigenvalue weighted by atomic mass is 16.5. The molecule has 5 nitrogen and oxygen atoms in total. The fourth-order valence-electron chi connectivity index (χ4n) is 2.02. The van der Waals surface area contributed by atoms with E-state index >= 15 is 0 Å². The van der Waals surface area contributed by atoms with Crippen molar-refractivity contribution in [3.05, 3.63) is 48.0 Å². The van der Waals surface area contributed by atoms with E-state index in [0.29, 0.717) is 6.54 Å². The number of nitrogens with two attached hydrogens (primary N) is 1. The second-order valence-electron chi connectivity index (χ2n) is 4.03. The van der Waals surface area contributed by atoms with Crippen LogP contribution in [-0.2, 0) is 0 Å². The number of methoxy groups -OCH3 is 2. The van der Waals surface area contributed by atoms with E-state index in [4.69, 9.17) is 15.2 Å². The van der Waals surface area contributed by atoms with Crippen LogP contribution in [-0.4, -0.2) is 30.7 Å². The first-order valence-corrected chi connectivity index (χ1v) is 5.98. The summed E-state index contributed by atoms with van der Waals surface area (Å²) in [5, 5.41) is 0. The predicted molar refractivity (Wildman–Crippen MR) is 72.5 cm³/mol. The van der Waals surface area contributed by atoms with Gasteiger partial charge in [-0.25, -0.2) is 9.97 Å². The maximum atomic E-state index is 5.88. The second kappa shape index (κ2) is 6.15. The highest BCUT2D eigenvalue weighted by Crippen LogP contribution is 2.33. The van der Waals surface area contributed by atoms with Crippen molar-refractivity contribution in [2.24, 2.45) is 5.73 Å². The van der Waals surface area contributed by atoms with Crippen molar-refractivity contribution in [3.8, 4) is 11.5 Å². The quantitative estimate of drug-likeness (QED) is 0.882. The highest BCUT2D eigenvalue weighted by Gasteiger charge is 2.18.